The molecule has 0 bridgehead atoms. The first-order chi connectivity index (χ1) is 8.95. The summed E-state index contributed by atoms with van der Waals surface area (Å²) in [7, 11) is 0. The molecule has 1 aromatic carbocycles. The smallest absolute Gasteiger partial charge is 0.240 e. The van der Waals surface area contributed by atoms with Crippen molar-refractivity contribution in [2.24, 2.45) is 5.73 Å². The maximum absolute atomic E-state index is 12.0. The molecule has 2 atom stereocenters. The lowest BCUT2D eigenvalue weighted by atomic mass is 9.96. The minimum absolute atomic E-state index is 0. The Hall–Kier alpha value is -1.06. The highest BCUT2D eigenvalue weighted by molar-refractivity contribution is 5.85. The summed E-state index contributed by atoms with van der Waals surface area (Å²) in [5.74, 6) is -0.0464. The molecule has 0 fully saturated rings. The van der Waals surface area contributed by atoms with Crippen molar-refractivity contribution >= 4 is 18.3 Å². The molecule has 4 heteroatoms. The third kappa shape index (κ3) is 6.40. The summed E-state index contributed by atoms with van der Waals surface area (Å²) in [5.41, 5.74) is 6.56. The van der Waals surface area contributed by atoms with E-state index in [0.29, 0.717) is 6.42 Å². The molecule has 0 radical (unpaired) electrons. The second-order valence-corrected chi connectivity index (χ2v) is 5.57. The van der Waals surface area contributed by atoms with E-state index in [-0.39, 0.29) is 24.4 Å². The van der Waals surface area contributed by atoms with Crippen LogP contribution >= 0.6 is 12.4 Å². The van der Waals surface area contributed by atoms with Crippen molar-refractivity contribution in [1.82, 2.24) is 5.32 Å². The molecule has 0 heterocycles. The van der Waals surface area contributed by atoms with E-state index < -0.39 is 5.54 Å². The van der Waals surface area contributed by atoms with Gasteiger partial charge < -0.3 is 11.1 Å². The molecule has 3 N–H and O–H groups in total. The van der Waals surface area contributed by atoms with Crippen molar-refractivity contribution < 1.29 is 4.79 Å². The Morgan fingerprint density at radius 3 is 2.50 bits per heavy atom. The first-order valence-electron chi connectivity index (χ1n) is 7.09. The molecular weight excluding hydrogens is 272 g/mol. The van der Waals surface area contributed by atoms with Crippen LogP contribution in [-0.2, 0) is 11.2 Å². The molecule has 0 aliphatic carbocycles. The average molecular weight is 299 g/mol. The molecule has 1 amide bonds. The number of benzene rings is 1. The number of halogens is 1. The number of carbonyl (C=O) groups excluding carboxylic acids is 1. The molecule has 0 aromatic heterocycles. The third-order valence-corrected chi connectivity index (χ3v) is 3.37. The first-order valence-corrected chi connectivity index (χ1v) is 7.09. The Morgan fingerprint density at radius 2 is 1.95 bits per heavy atom. The molecule has 1 aromatic rings. The van der Waals surface area contributed by atoms with E-state index in [9.17, 15) is 4.79 Å². The van der Waals surface area contributed by atoms with Gasteiger partial charge in [-0.2, -0.15) is 0 Å². The highest BCUT2D eigenvalue weighted by Gasteiger charge is 2.27. The van der Waals surface area contributed by atoms with Crippen LogP contribution in [0.2, 0.25) is 0 Å². The van der Waals surface area contributed by atoms with Gasteiger partial charge in [0, 0.05) is 6.04 Å². The third-order valence-electron chi connectivity index (χ3n) is 3.37. The number of hydrogen-bond acceptors (Lipinski definition) is 2. The lowest BCUT2D eigenvalue weighted by Gasteiger charge is -2.25. The van der Waals surface area contributed by atoms with Gasteiger partial charge in [-0.25, -0.2) is 0 Å². The van der Waals surface area contributed by atoms with Crippen LogP contribution in [0.3, 0.4) is 0 Å². The lowest BCUT2D eigenvalue weighted by Crippen LogP contribution is -2.53. The highest BCUT2D eigenvalue weighted by atomic mass is 35.5. The number of amides is 1. The van der Waals surface area contributed by atoms with Crippen LogP contribution in [0.25, 0.3) is 0 Å². The predicted molar refractivity (Wildman–Crippen MR) is 87.1 cm³/mol. The maximum Gasteiger partial charge on any atom is 0.240 e. The molecule has 20 heavy (non-hydrogen) atoms. The fourth-order valence-corrected chi connectivity index (χ4v) is 2.12. The van der Waals surface area contributed by atoms with Gasteiger partial charge >= 0.3 is 0 Å². The number of rotatable bonds is 7. The average Bonchev–Trinajstić information content (AvgIpc) is 2.37. The molecule has 1 rings (SSSR count). The number of nitrogens with one attached hydrogen (secondary N) is 1. The number of nitrogens with two attached hydrogens (primary N) is 1. The van der Waals surface area contributed by atoms with Crippen LogP contribution < -0.4 is 11.1 Å². The lowest BCUT2D eigenvalue weighted by molar-refractivity contribution is -0.126. The van der Waals surface area contributed by atoms with E-state index in [2.05, 4.69) is 17.4 Å². The number of carbonyl (C=O) groups is 1. The molecule has 0 spiro atoms. The van der Waals surface area contributed by atoms with Gasteiger partial charge in [-0.15, -0.1) is 12.4 Å². The number of aryl methyl sites for hydroxylation is 1. The van der Waals surface area contributed by atoms with Gasteiger partial charge in [-0.05, 0) is 38.7 Å². The summed E-state index contributed by atoms with van der Waals surface area (Å²) in [6, 6.07) is 10.5. The molecule has 0 saturated heterocycles. The summed E-state index contributed by atoms with van der Waals surface area (Å²) >= 11 is 0. The predicted octanol–water partition coefficient (Wildman–Crippen LogP) is 3.06. The summed E-state index contributed by atoms with van der Waals surface area (Å²) in [6.45, 7) is 5.87. The monoisotopic (exact) mass is 298 g/mol. The minimum Gasteiger partial charge on any atom is -0.352 e. The van der Waals surface area contributed by atoms with Gasteiger partial charge in [0.2, 0.25) is 5.91 Å². The topological polar surface area (TPSA) is 55.1 Å². The van der Waals surface area contributed by atoms with Crippen molar-refractivity contribution in [3.8, 4) is 0 Å². The van der Waals surface area contributed by atoms with Crippen LogP contribution in [0.1, 0.15) is 45.6 Å². The molecule has 2 unspecified atom stereocenters. The maximum atomic E-state index is 12.0. The van der Waals surface area contributed by atoms with Crippen LogP contribution in [0, 0.1) is 0 Å². The van der Waals surface area contributed by atoms with Gasteiger partial charge in [0.05, 0.1) is 5.54 Å². The Labute approximate surface area is 128 Å². The van der Waals surface area contributed by atoms with Crippen molar-refractivity contribution in [3.05, 3.63) is 35.9 Å². The fraction of sp³-hybridized carbons (Fsp3) is 0.562. The molecular formula is C16H27ClN2O. The molecule has 114 valence electrons. The van der Waals surface area contributed by atoms with Crippen molar-refractivity contribution in [3.63, 3.8) is 0 Å². The largest absolute Gasteiger partial charge is 0.352 e. The number of hydrogen-bond donors (Lipinski definition) is 2. The van der Waals surface area contributed by atoms with Gasteiger partial charge in [-0.1, -0.05) is 43.7 Å². The zero-order chi connectivity index (χ0) is 14.3. The van der Waals surface area contributed by atoms with Gasteiger partial charge in [0.25, 0.3) is 0 Å². The van der Waals surface area contributed by atoms with E-state index >= 15 is 0 Å². The fourth-order valence-electron chi connectivity index (χ4n) is 2.12. The zero-order valence-corrected chi connectivity index (χ0v) is 13.5. The quantitative estimate of drug-likeness (QED) is 0.813. The van der Waals surface area contributed by atoms with E-state index in [1.54, 1.807) is 6.92 Å². The molecule has 0 aliphatic rings. The van der Waals surface area contributed by atoms with Crippen LogP contribution in [0.15, 0.2) is 30.3 Å². The zero-order valence-electron chi connectivity index (χ0n) is 12.7. The van der Waals surface area contributed by atoms with E-state index in [1.807, 2.05) is 32.0 Å². The summed E-state index contributed by atoms with van der Waals surface area (Å²) in [5, 5.41) is 3.01. The second-order valence-electron chi connectivity index (χ2n) is 5.57. The Balaban J connectivity index is 0.00000361. The van der Waals surface area contributed by atoms with Gasteiger partial charge in [0.1, 0.15) is 0 Å². The minimum atomic E-state index is -0.754. The van der Waals surface area contributed by atoms with E-state index in [0.717, 1.165) is 19.3 Å². The standard InChI is InChI=1S/C16H26N2O.ClH/c1-4-12-16(3,17)15(19)18-13(2)10-11-14-8-6-5-7-9-14;/h5-9,13H,4,10-12,17H2,1-3H3,(H,18,19);1H. The normalized spacial score (nSPS) is 14.8. The van der Waals surface area contributed by atoms with Crippen LogP contribution in [-0.4, -0.2) is 17.5 Å². The summed E-state index contributed by atoms with van der Waals surface area (Å²) in [6.07, 6.45) is 3.53. The van der Waals surface area contributed by atoms with Crippen molar-refractivity contribution in [1.29, 1.82) is 0 Å². The van der Waals surface area contributed by atoms with E-state index in [1.165, 1.54) is 5.56 Å². The molecule has 0 saturated carbocycles. The molecule has 0 aliphatic heterocycles. The van der Waals surface area contributed by atoms with Crippen LogP contribution in [0.4, 0.5) is 0 Å². The highest BCUT2D eigenvalue weighted by Crippen LogP contribution is 2.10. The molecule has 3 nitrogen and oxygen atoms in total. The Kier molecular flexibility index (Phi) is 8.51. The van der Waals surface area contributed by atoms with Gasteiger partial charge in [-0.3, -0.25) is 4.79 Å². The van der Waals surface area contributed by atoms with Crippen molar-refractivity contribution in [2.75, 3.05) is 0 Å². The SMILES string of the molecule is CCCC(C)(N)C(=O)NC(C)CCc1ccccc1.Cl. The Bertz CT molecular complexity index is 393. The second kappa shape index (κ2) is 8.98. The summed E-state index contributed by atoms with van der Waals surface area (Å²) in [4.78, 5) is 12.0. The Morgan fingerprint density at radius 1 is 1.35 bits per heavy atom. The first kappa shape index (κ1) is 18.9. The summed E-state index contributed by atoms with van der Waals surface area (Å²) < 4.78 is 0. The van der Waals surface area contributed by atoms with Crippen LogP contribution in [0.5, 0.6) is 0 Å². The van der Waals surface area contributed by atoms with Crippen molar-refractivity contribution in [2.45, 2.75) is 58.0 Å². The van der Waals surface area contributed by atoms with Gasteiger partial charge in [0.15, 0.2) is 0 Å². The van der Waals surface area contributed by atoms with E-state index in [4.69, 9.17) is 5.73 Å².